The predicted molar refractivity (Wildman–Crippen MR) is 73.3 cm³/mol. The van der Waals surface area contributed by atoms with Gasteiger partial charge in [0.2, 0.25) is 0 Å². The quantitative estimate of drug-likeness (QED) is 0.632. The Morgan fingerprint density at radius 3 is 3.00 bits per heavy atom. The number of benzene rings is 1. The summed E-state index contributed by atoms with van der Waals surface area (Å²) in [7, 11) is 0. The zero-order valence-electron chi connectivity index (χ0n) is 10.7. The summed E-state index contributed by atoms with van der Waals surface area (Å²) >= 11 is 0. The first kappa shape index (κ1) is 13.4. The second kappa shape index (κ2) is 6.26. The fourth-order valence-electron chi connectivity index (χ4n) is 2.21. The van der Waals surface area contributed by atoms with E-state index in [1.807, 2.05) is 18.2 Å². The van der Waals surface area contributed by atoms with Crippen LogP contribution in [-0.4, -0.2) is 29.5 Å². The number of hydrogen-bond donors (Lipinski definition) is 2. The molecular formula is C15H17NO3. The lowest BCUT2D eigenvalue weighted by Gasteiger charge is -2.26. The minimum Gasteiger partial charge on any atom is -0.465 e. The number of nitrogens with zero attached hydrogens (tertiary/aromatic N) is 1. The number of hydrogen-bond acceptors (Lipinski definition) is 2. The van der Waals surface area contributed by atoms with Crippen LogP contribution in [0.1, 0.15) is 30.4 Å². The molecule has 0 saturated heterocycles. The molecule has 0 bridgehead atoms. The van der Waals surface area contributed by atoms with Gasteiger partial charge in [-0.2, -0.15) is 0 Å². The number of anilines is 1. The molecule has 1 heterocycles. The largest absolute Gasteiger partial charge is 0.465 e. The molecule has 0 aromatic heterocycles. The van der Waals surface area contributed by atoms with Gasteiger partial charge in [0.05, 0.1) is 5.69 Å². The fraction of sp³-hybridized carbons (Fsp3) is 0.400. The monoisotopic (exact) mass is 259 g/mol. The third-order valence-electron chi connectivity index (χ3n) is 3.12. The van der Waals surface area contributed by atoms with Crippen LogP contribution in [0.4, 0.5) is 10.5 Å². The highest BCUT2D eigenvalue weighted by molar-refractivity contribution is 5.87. The summed E-state index contributed by atoms with van der Waals surface area (Å²) in [6, 6.07) is 5.65. The van der Waals surface area contributed by atoms with E-state index in [4.69, 9.17) is 10.2 Å². The van der Waals surface area contributed by atoms with Crippen molar-refractivity contribution in [2.24, 2.45) is 0 Å². The van der Waals surface area contributed by atoms with Crippen molar-refractivity contribution in [3.05, 3.63) is 29.3 Å². The van der Waals surface area contributed by atoms with E-state index in [0.717, 1.165) is 29.7 Å². The van der Waals surface area contributed by atoms with Gasteiger partial charge < -0.3 is 10.2 Å². The van der Waals surface area contributed by atoms with Crippen LogP contribution in [0.15, 0.2) is 18.2 Å². The van der Waals surface area contributed by atoms with Gasteiger partial charge in [-0.25, -0.2) is 4.79 Å². The molecule has 0 spiro atoms. The Morgan fingerprint density at radius 2 is 2.26 bits per heavy atom. The van der Waals surface area contributed by atoms with E-state index in [-0.39, 0.29) is 6.61 Å². The van der Waals surface area contributed by atoms with Crippen molar-refractivity contribution in [1.82, 2.24) is 0 Å². The first-order chi connectivity index (χ1) is 9.22. The molecule has 1 amide bonds. The normalized spacial score (nSPS) is 13.4. The van der Waals surface area contributed by atoms with Gasteiger partial charge in [0, 0.05) is 25.1 Å². The summed E-state index contributed by atoms with van der Waals surface area (Å²) in [4.78, 5) is 12.5. The van der Waals surface area contributed by atoms with Crippen LogP contribution >= 0.6 is 0 Å². The highest BCUT2D eigenvalue weighted by Crippen LogP contribution is 2.27. The van der Waals surface area contributed by atoms with Gasteiger partial charge in [-0.1, -0.05) is 11.8 Å². The molecule has 0 saturated carbocycles. The lowest BCUT2D eigenvalue weighted by Crippen LogP contribution is -2.34. The van der Waals surface area contributed by atoms with Gasteiger partial charge in [0.15, 0.2) is 0 Å². The molecule has 2 rings (SSSR count). The maximum atomic E-state index is 11.1. The Kier molecular flexibility index (Phi) is 4.43. The molecule has 1 aliphatic heterocycles. The van der Waals surface area contributed by atoms with E-state index in [1.165, 1.54) is 4.90 Å². The minimum atomic E-state index is -0.900. The van der Waals surface area contributed by atoms with Crippen molar-refractivity contribution in [3.8, 4) is 11.8 Å². The van der Waals surface area contributed by atoms with Crippen LogP contribution in [-0.2, 0) is 6.42 Å². The maximum absolute atomic E-state index is 11.1. The van der Waals surface area contributed by atoms with Crippen LogP contribution in [0.3, 0.4) is 0 Å². The second-order valence-electron chi connectivity index (χ2n) is 4.51. The Bertz CT molecular complexity index is 528. The molecule has 100 valence electrons. The number of carbonyl (C=O) groups is 1. The van der Waals surface area contributed by atoms with E-state index in [0.29, 0.717) is 19.4 Å². The summed E-state index contributed by atoms with van der Waals surface area (Å²) in [5, 5.41) is 17.8. The van der Waals surface area contributed by atoms with Crippen LogP contribution in [0.5, 0.6) is 0 Å². The molecule has 1 aromatic carbocycles. The SMILES string of the molecule is O=C(O)N1CCCc2cc(C#CCCCO)ccc21. The number of amides is 1. The average Bonchev–Trinajstić information content (AvgIpc) is 2.42. The predicted octanol–water partition coefficient (Wildman–Crippen LogP) is 2.24. The average molecular weight is 259 g/mol. The summed E-state index contributed by atoms with van der Waals surface area (Å²) in [5.74, 6) is 6.05. The lowest BCUT2D eigenvalue weighted by molar-refractivity contribution is 0.201. The van der Waals surface area contributed by atoms with E-state index in [1.54, 1.807) is 0 Å². The van der Waals surface area contributed by atoms with Gasteiger partial charge in [-0.3, -0.25) is 4.90 Å². The van der Waals surface area contributed by atoms with Crippen LogP contribution in [0, 0.1) is 11.8 Å². The van der Waals surface area contributed by atoms with Crippen molar-refractivity contribution in [3.63, 3.8) is 0 Å². The molecule has 2 N–H and O–H groups in total. The summed E-state index contributed by atoms with van der Waals surface area (Å²) in [5.41, 5.74) is 2.73. The van der Waals surface area contributed by atoms with Crippen LogP contribution in [0.25, 0.3) is 0 Å². The van der Waals surface area contributed by atoms with Crippen LogP contribution < -0.4 is 4.90 Å². The fourth-order valence-corrected chi connectivity index (χ4v) is 2.21. The molecular weight excluding hydrogens is 242 g/mol. The highest BCUT2D eigenvalue weighted by Gasteiger charge is 2.21. The number of aliphatic hydroxyl groups is 1. The zero-order chi connectivity index (χ0) is 13.7. The molecule has 1 aliphatic rings. The molecule has 1 aromatic rings. The van der Waals surface area contributed by atoms with Crippen molar-refractivity contribution in [1.29, 1.82) is 0 Å². The third kappa shape index (κ3) is 3.27. The van der Waals surface area contributed by atoms with Crippen molar-refractivity contribution in [2.75, 3.05) is 18.1 Å². The standard InChI is InChI=1S/C15H17NO3/c17-10-3-1-2-5-12-7-8-14-13(11-12)6-4-9-16(14)15(18)19/h7-8,11,17H,1,3-4,6,9-10H2,(H,18,19). The summed E-state index contributed by atoms with van der Waals surface area (Å²) in [6.45, 7) is 0.719. The van der Waals surface area contributed by atoms with Gasteiger partial charge in [0.25, 0.3) is 0 Å². The highest BCUT2D eigenvalue weighted by atomic mass is 16.4. The van der Waals surface area contributed by atoms with Gasteiger partial charge in [-0.15, -0.1) is 0 Å². The molecule has 0 radical (unpaired) electrons. The van der Waals surface area contributed by atoms with E-state index >= 15 is 0 Å². The van der Waals surface area contributed by atoms with E-state index in [9.17, 15) is 4.79 Å². The van der Waals surface area contributed by atoms with E-state index < -0.39 is 6.09 Å². The third-order valence-corrected chi connectivity index (χ3v) is 3.12. The molecule has 0 atom stereocenters. The van der Waals surface area contributed by atoms with Gasteiger partial charge >= 0.3 is 6.09 Å². The van der Waals surface area contributed by atoms with Crippen molar-refractivity contribution in [2.45, 2.75) is 25.7 Å². The second-order valence-corrected chi connectivity index (χ2v) is 4.51. The number of fused-ring (bicyclic) bond motifs is 1. The Labute approximate surface area is 112 Å². The first-order valence-corrected chi connectivity index (χ1v) is 6.45. The first-order valence-electron chi connectivity index (χ1n) is 6.45. The molecule has 4 heteroatoms. The number of carboxylic acid groups (broad SMARTS) is 1. The maximum Gasteiger partial charge on any atom is 0.411 e. The van der Waals surface area contributed by atoms with Crippen molar-refractivity contribution >= 4 is 11.8 Å². The summed E-state index contributed by atoms with van der Waals surface area (Å²) in [6.07, 6.45) is 2.20. The van der Waals surface area contributed by atoms with Gasteiger partial charge in [0.1, 0.15) is 0 Å². The Morgan fingerprint density at radius 1 is 1.42 bits per heavy atom. The molecule has 0 unspecified atom stereocenters. The Balaban J connectivity index is 2.18. The molecule has 19 heavy (non-hydrogen) atoms. The minimum absolute atomic E-state index is 0.159. The number of aryl methyl sites for hydroxylation is 1. The molecule has 0 aliphatic carbocycles. The zero-order valence-corrected chi connectivity index (χ0v) is 10.7. The number of aliphatic hydroxyl groups excluding tert-OH is 1. The Hall–Kier alpha value is -1.99. The summed E-state index contributed by atoms with van der Waals surface area (Å²) < 4.78 is 0. The van der Waals surface area contributed by atoms with Crippen LogP contribution in [0.2, 0.25) is 0 Å². The lowest BCUT2D eigenvalue weighted by atomic mass is 9.99. The van der Waals surface area contributed by atoms with E-state index in [2.05, 4.69) is 11.8 Å². The number of unbranched alkanes of at least 4 members (excludes halogenated alkanes) is 1. The smallest absolute Gasteiger partial charge is 0.411 e. The topological polar surface area (TPSA) is 60.8 Å². The molecule has 0 fully saturated rings. The molecule has 4 nitrogen and oxygen atoms in total. The van der Waals surface area contributed by atoms with Gasteiger partial charge in [-0.05, 0) is 43.0 Å². The van der Waals surface area contributed by atoms with Crippen molar-refractivity contribution < 1.29 is 15.0 Å². The number of rotatable bonds is 2.